The van der Waals surface area contributed by atoms with Crippen molar-refractivity contribution in [3.8, 4) is 0 Å². The van der Waals surface area contributed by atoms with E-state index in [9.17, 15) is 48.3 Å². The largest absolute Gasteiger partial charge is 0.469 e. The first-order valence-corrected chi connectivity index (χ1v) is 50.9. The number of rotatable bonds is 37. The molecule has 29 nitrogen and oxygen atoms in total. The highest BCUT2D eigenvalue weighted by atomic mass is 35.5. The molecule has 13 rings (SSSR count). The van der Waals surface area contributed by atoms with E-state index in [1.165, 1.54) is 31.6 Å². The highest BCUT2D eigenvalue weighted by Crippen LogP contribution is 2.37. The average Bonchev–Trinajstić information content (AvgIpc) is 1.65. The molecule has 0 aliphatic rings. The van der Waals surface area contributed by atoms with Gasteiger partial charge >= 0.3 is 5.97 Å². The SMILES string of the molecule is CC(C)(C)[Si](C)(C)OCCNc1ccccc1.CCCN(C(=O)CCl)c1ccccc1.CCCN(C(=O)Cn1cc(CC(=O)NO)c2ccccc21)c1ccccc1.CCCN(C(=O)Cn1cc(CC(=O)OC)c2ccccc21)c1ccccc1.CCN(CC)CC.NO.O=C(CO)Cc1c[nH]c2ccccc12.O=C(Cc1cn(CC(=O)N(CCO)c2ccccc2)c2ccccc12)NO.O=C(Cl)CCl. The molecule has 0 aliphatic carbocycles. The summed E-state index contributed by atoms with van der Waals surface area (Å²) >= 11 is 15.1. The molecular weight excluding hydrogens is 1860 g/mol. The van der Waals surface area contributed by atoms with E-state index in [0.29, 0.717) is 30.2 Å². The van der Waals surface area contributed by atoms with Gasteiger partial charge in [0.15, 0.2) is 14.1 Å². The van der Waals surface area contributed by atoms with Crippen LogP contribution >= 0.6 is 34.8 Å². The molecule has 0 radical (unpaired) electrons. The summed E-state index contributed by atoms with van der Waals surface area (Å²) < 4.78 is 16.5. The molecule has 0 fully saturated rings. The van der Waals surface area contributed by atoms with Crippen LogP contribution in [0, 0.1) is 0 Å². The average molecular weight is 2000 g/mol. The number of methoxy groups -OCH3 is 1. The lowest BCUT2D eigenvalue weighted by Gasteiger charge is -2.36. The second kappa shape index (κ2) is 64.6. The van der Waals surface area contributed by atoms with E-state index in [1.807, 2.05) is 283 Å². The number of aliphatic hydroxyl groups excluding tert-OH is 2. The number of amides is 6. The van der Waals surface area contributed by atoms with E-state index in [-0.39, 0.29) is 106 Å². The number of Topliss-reactive ketones (excluding diaryl/α,β-unsaturated/α-hetero) is 1. The van der Waals surface area contributed by atoms with Crippen LogP contribution in [-0.2, 0) is 97.6 Å². The van der Waals surface area contributed by atoms with Crippen LogP contribution in [0.3, 0.4) is 0 Å². The Balaban J connectivity index is 0.000000293. The minimum atomic E-state index is -1.58. The number of alkyl halides is 2. The van der Waals surface area contributed by atoms with Crippen LogP contribution in [0.5, 0.6) is 0 Å². The summed E-state index contributed by atoms with van der Waals surface area (Å²) in [5.41, 5.74) is 14.8. The maximum atomic E-state index is 13.0. The first kappa shape index (κ1) is 118. The van der Waals surface area contributed by atoms with E-state index < -0.39 is 25.4 Å². The Morgan fingerprint density at radius 1 is 0.436 bits per heavy atom. The molecule has 9 aromatic carbocycles. The second-order valence-electron chi connectivity index (χ2n) is 33.2. The lowest BCUT2D eigenvalue weighted by atomic mass is 10.1. The number of anilines is 5. The summed E-state index contributed by atoms with van der Waals surface area (Å²) in [6.07, 6.45) is 10.5. The number of esters is 1. The van der Waals surface area contributed by atoms with Gasteiger partial charge in [0.1, 0.15) is 32.1 Å². The number of halogens is 3. The molecule has 0 spiro atoms. The van der Waals surface area contributed by atoms with Crippen molar-refractivity contribution >= 4 is 168 Å². The van der Waals surface area contributed by atoms with Gasteiger partial charge in [0, 0.05) is 136 Å². The van der Waals surface area contributed by atoms with Crippen LogP contribution in [0.25, 0.3) is 43.6 Å². The first-order chi connectivity index (χ1) is 67.4. The van der Waals surface area contributed by atoms with Crippen LogP contribution in [0.2, 0.25) is 18.1 Å². The van der Waals surface area contributed by atoms with E-state index in [0.717, 1.165) is 128 Å². The topological polar surface area (TPSA) is 382 Å². The molecule has 140 heavy (non-hydrogen) atoms. The van der Waals surface area contributed by atoms with Crippen molar-refractivity contribution in [2.45, 2.75) is 145 Å². The molecule has 752 valence electrons. The fourth-order valence-electron chi connectivity index (χ4n) is 14.5. The number of hydrogen-bond donors (Lipinski definition) is 10. The number of aromatic amines is 1. The number of aromatic nitrogens is 4. The summed E-state index contributed by atoms with van der Waals surface area (Å²) in [6, 6.07) is 79.1. The van der Waals surface area contributed by atoms with Crippen molar-refractivity contribution in [1.29, 1.82) is 0 Å². The number of hydroxylamine groups is 2. The predicted molar refractivity (Wildman–Crippen MR) is 566 cm³/mol. The van der Waals surface area contributed by atoms with Crippen LogP contribution < -0.4 is 41.8 Å². The van der Waals surface area contributed by atoms with Gasteiger partial charge in [0.05, 0.1) is 45.5 Å². The number of aliphatic hydroxyl groups is 2. The number of para-hydroxylation sites is 9. The van der Waals surface area contributed by atoms with Gasteiger partial charge < -0.3 is 73.1 Å². The van der Waals surface area contributed by atoms with Crippen LogP contribution in [0.1, 0.15) is 104 Å². The summed E-state index contributed by atoms with van der Waals surface area (Å²) in [5.74, 6) is 1.79. The number of nitrogens with two attached hydrogens (primary N) is 1. The molecule has 11 N–H and O–H groups in total. The number of hydrogen-bond acceptors (Lipinski definition) is 19. The number of nitrogens with zero attached hydrogens (tertiary/aromatic N) is 8. The van der Waals surface area contributed by atoms with Crippen molar-refractivity contribution in [3.63, 3.8) is 0 Å². The molecule has 0 unspecified atom stereocenters. The number of ether oxygens (including phenoxy) is 1. The summed E-state index contributed by atoms with van der Waals surface area (Å²) in [7, 11) is -0.201. The Bertz CT molecular complexity index is 5490. The maximum Gasteiger partial charge on any atom is 0.310 e. The van der Waals surface area contributed by atoms with Gasteiger partial charge in [-0.2, -0.15) is 0 Å². The molecule has 0 atom stereocenters. The summed E-state index contributed by atoms with van der Waals surface area (Å²) in [5, 5.41) is 49.0. The van der Waals surface area contributed by atoms with Crippen molar-refractivity contribution in [1.82, 2.24) is 34.5 Å². The van der Waals surface area contributed by atoms with Crippen molar-refractivity contribution in [2.24, 2.45) is 5.90 Å². The van der Waals surface area contributed by atoms with Gasteiger partial charge in [-0.1, -0.05) is 226 Å². The zero-order chi connectivity index (χ0) is 103. The Kier molecular flexibility index (Phi) is 54.3. The van der Waals surface area contributed by atoms with E-state index >= 15 is 0 Å². The number of nitrogens with one attached hydrogen (secondary N) is 4. The number of carbonyl (C=O) groups excluding carboxylic acids is 9. The molecule has 0 saturated heterocycles. The quantitative estimate of drug-likeness (QED) is 0.00329. The van der Waals surface area contributed by atoms with Gasteiger partial charge in [-0.15, -0.1) is 23.2 Å². The summed E-state index contributed by atoms with van der Waals surface area (Å²) in [4.78, 5) is 118. The predicted octanol–water partition coefficient (Wildman–Crippen LogP) is 18.4. The molecule has 4 aromatic heterocycles. The van der Waals surface area contributed by atoms with E-state index in [2.05, 4.69) is 94.8 Å². The molecule has 33 heteroatoms. The van der Waals surface area contributed by atoms with Crippen molar-refractivity contribution < 1.29 is 78.1 Å². The van der Waals surface area contributed by atoms with Crippen molar-refractivity contribution in [3.05, 3.63) is 296 Å². The third-order valence-electron chi connectivity index (χ3n) is 22.5. The molecular formula is C107H138Cl3N13O16Si. The normalized spacial score (nSPS) is 10.6. The molecule has 6 amide bonds. The highest BCUT2D eigenvalue weighted by molar-refractivity contribution is 6.74. The minimum Gasteiger partial charge on any atom is -0.469 e. The molecule has 0 bridgehead atoms. The van der Waals surface area contributed by atoms with Crippen LogP contribution in [0.4, 0.5) is 28.4 Å². The number of ketones is 1. The maximum absolute atomic E-state index is 13.0. The minimum absolute atomic E-state index is 0.0112. The summed E-state index contributed by atoms with van der Waals surface area (Å²) in [6.45, 7) is 31.4. The lowest BCUT2D eigenvalue weighted by molar-refractivity contribution is -0.140. The Hall–Kier alpha value is -12.7. The van der Waals surface area contributed by atoms with Gasteiger partial charge in [0.25, 0.3) is 0 Å². The first-order valence-electron chi connectivity index (χ1n) is 46.5. The van der Waals surface area contributed by atoms with Gasteiger partial charge in [-0.25, -0.2) is 16.9 Å². The zero-order valence-corrected chi connectivity index (χ0v) is 85.5. The van der Waals surface area contributed by atoms with Crippen molar-refractivity contribution in [2.75, 3.05) is 116 Å². The molecule has 0 saturated carbocycles. The molecule has 0 aliphatic heterocycles. The fourth-order valence-corrected chi connectivity index (χ4v) is 15.7. The van der Waals surface area contributed by atoms with E-state index in [4.69, 9.17) is 64.7 Å². The van der Waals surface area contributed by atoms with Gasteiger partial charge in [-0.05, 0) is 176 Å². The molecule has 4 heterocycles. The fraction of sp³-hybridized carbons (Fsp3) is 0.336. The van der Waals surface area contributed by atoms with Gasteiger partial charge in [-0.3, -0.25) is 53.6 Å². The smallest absolute Gasteiger partial charge is 0.310 e. The van der Waals surface area contributed by atoms with Gasteiger partial charge in [0.2, 0.25) is 40.7 Å². The highest BCUT2D eigenvalue weighted by Gasteiger charge is 2.37. The zero-order valence-electron chi connectivity index (χ0n) is 82.3. The lowest BCUT2D eigenvalue weighted by Crippen LogP contribution is -2.41. The van der Waals surface area contributed by atoms with Crippen LogP contribution in [-0.4, -0.2) is 201 Å². The third kappa shape index (κ3) is 38.8. The third-order valence-corrected chi connectivity index (χ3v) is 27.7. The van der Waals surface area contributed by atoms with E-state index in [1.54, 1.807) is 31.5 Å². The Labute approximate surface area is 837 Å². The number of H-pyrrole nitrogens is 1. The second-order valence-corrected chi connectivity index (χ2v) is 39.0. The number of benzene rings is 9. The number of carbonyl (C=O) groups is 9. The number of fused-ring (bicyclic) bond motifs is 4. The molecule has 13 aromatic rings. The Morgan fingerprint density at radius 3 is 1.08 bits per heavy atom. The van der Waals surface area contributed by atoms with Crippen LogP contribution in [0.15, 0.2) is 274 Å². The monoisotopic (exact) mass is 1990 g/mol. The standard InChI is InChI=1S/C22H24N2O3.C21H23N3O3.C20H21N3O4.C14H25NOSi.C11H14ClNO.C11H11NO2.C6H15N.C2H2Cl2O.H3NO/c1-3-13-24(18-9-5-4-6-10-18)21(25)16-23-15-17(14-22(26)27-2)19-11-7-8-12-20(19)23;1-2-12-24(17-8-4-3-5-9-17)21(26)15-23-14-16(13-20(25)22-27)18-10-6-7-11-19(18)23;24-11-10-23(16-6-2-1-3-7-16)20(26)14-22-13-15(12-19(25)21-27)17-8-4-5-9-18(17)22;1-14(2,3)17(4,5)16-12-11-15-13-9-7-6-8-10-13;1-2-8-13(11(14)9-12)10-6-4-3-5-7-10;13-7-9(14)5-8-6-12-11-4-2-1-3-10(8)11;1-4-7(5-2)6-3;3-1-2(4)5;1-2/h4-12,15H,3,13-14,16H2,1-2H3;3-11,14,27H,2,12-13,15H2,1H3,(H,22,25);1-9,13,24,27H,10-12,14H2,(H,21,25);6-10,15H,11-12H2,1-5H3;3-7H,2,8-9H2,1H3;1-4,6,12-13H,5,7H2;4-6H2,1-3H3;1H2;2H,1H2. The Morgan fingerprint density at radius 2 is 0.764 bits per heavy atom.